The van der Waals surface area contributed by atoms with E-state index in [0.29, 0.717) is 19.2 Å². The fourth-order valence-corrected chi connectivity index (χ4v) is 1.65. The number of esters is 1. The normalized spacial score (nSPS) is 16.6. The molecule has 2 rings (SSSR count). The molecular weight excluding hydrogens is 224 g/mol. The molecule has 1 aliphatic heterocycles. The van der Waals surface area contributed by atoms with Crippen molar-refractivity contribution in [2.75, 3.05) is 37.8 Å². The van der Waals surface area contributed by atoms with Gasteiger partial charge in [-0.25, -0.2) is 4.79 Å². The molecule has 1 fully saturated rings. The lowest BCUT2D eigenvalue weighted by molar-refractivity contribution is 0.0519. The van der Waals surface area contributed by atoms with Crippen molar-refractivity contribution < 1.29 is 18.7 Å². The summed E-state index contributed by atoms with van der Waals surface area (Å²) in [4.78, 5) is 17.5. The molecule has 0 saturated carbocycles. The fourth-order valence-electron chi connectivity index (χ4n) is 1.65. The van der Waals surface area contributed by atoms with E-state index < -0.39 is 5.97 Å². The summed E-state index contributed by atoms with van der Waals surface area (Å²) in [6, 6.07) is 0.457. The van der Waals surface area contributed by atoms with Gasteiger partial charge in [0.25, 0.3) is 6.01 Å². The van der Waals surface area contributed by atoms with E-state index in [1.54, 1.807) is 6.92 Å². The number of anilines is 1. The molecule has 0 bridgehead atoms. The molecule has 1 aromatic heterocycles. The Bertz CT molecular complexity index is 369. The van der Waals surface area contributed by atoms with Gasteiger partial charge in [-0.1, -0.05) is 0 Å². The quantitative estimate of drug-likeness (QED) is 0.736. The van der Waals surface area contributed by atoms with E-state index in [2.05, 4.69) is 4.98 Å². The maximum atomic E-state index is 11.4. The van der Waals surface area contributed by atoms with E-state index in [1.807, 2.05) is 4.90 Å². The van der Waals surface area contributed by atoms with Gasteiger partial charge in [-0.3, -0.25) is 0 Å². The van der Waals surface area contributed by atoms with Crippen molar-refractivity contribution in [2.45, 2.75) is 13.3 Å². The van der Waals surface area contributed by atoms with Crippen LogP contribution in [0.3, 0.4) is 0 Å². The molecule has 6 heteroatoms. The number of hydrogen-bond acceptors (Lipinski definition) is 6. The number of rotatable bonds is 3. The maximum Gasteiger partial charge on any atom is 0.360 e. The zero-order chi connectivity index (χ0) is 12.1. The van der Waals surface area contributed by atoms with Gasteiger partial charge in [0.15, 0.2) is 5.69 Å². The van der Waals surface area contributed by atoms with Crippen molar-refractivity contribution in [3.63, 3.8) is 0 Å². The number of hydrogen-bond donors (Lipinski definition) is 0. The Morgan fingerprint density at radius 2 is 2.41 bits per heavy atom. The van der Waals surface area contributed by atoms with Crippen molar-refractivity contribution in [1.29, 1.82) is 0 Å². The highest BCUT2D eigenvalue weighted by molar-refractivity contribution is 5.87. The molecule has 0 radical (unpaired) electrons. The second-order valence-corrected chi connectivity index (χ2v) is 3.69. The molecule has 1 aromatic rings. The van der Waals surface area contributed by atoms with E-state index in [0.717, 1.165) is 26.1 Å². The zero-order valence-corrected chi connectivity index (χ0v) is 9.85. The number of ether oxygens (including phenoxy) is 2. The standard InChI is InChI=1S/C11H16N2O4/c1-2-16-10(14)9-8-17-11(12-9)13-4-3-6-15-7-5-13/h8H,2-7H2,1H3. The lowest BCUT2D eigenvalue weighted by Gasteiger charge is -2.15. The van der Waals surface area contributed by atoms with Crippen LogP contribution in [0.5, 0.6) is 0 Å². The van der Waals surface area contributed by atoms with E-state index in [4.69, 9.17) is 13.9 Å². The van der Waals surface area contributed by atoms with Crippen LogP contribution in [0, 0.1) is 0 Å². The Hall–Kier alpha value is -1.56. The van der Waals surface area contributed by atoms with Crippen molar-refractivity contribution in [3.05, 3.63) is 12.0 Å². The molecule has 0 spiro atoms. The largest absolute Gasteiger partial charge is 0.461 e. The van der Waals surface area contributed by atoms with Crippen molar-refractivity contribution in [3.8, 4) is 0 Å². The Morgan fingerprint density at radius 1 is 1.53 bits per heavy atom. The second-order valence-electron chi connectivity index (χ2n) is 3.69. The van der Waals surface area contributed by atoms with Gasteiger partial charge < -0.3 is 18.8 Å². The number of carbonyl (C=O) groups is 1. The van der Waals surface area contributed by atoms with E-state index >= 15 is 0 Å². The lowest BCUT2D eigenvalue weighted by atomic mass is 10.4. The SMILES string of the molecule is CCOC(=O)c1coc(N2CCCOCC2)n1. The van der Waals surface area contributed by atoms with Crippen LogP contribution >= 0.6 is 0 Å². The molecular formula is C11H16N2O4. The van der Waals surface area contributed by atoms with Crippen molar-refractivity contribution in [1.82, 2.24) is 4.98 Å². The number of aromatic nitrogens is 1. The van der Waals surface area contributed by atoms with E-state index in [1.165, 1.54) is 6.26 Å². The first-order chi connectivity index (χ1) is 8.31. The van der Waals surface area contributed by atoms with Crippen LogP contribution in [0.4, 0.5) is 6.01 Å². The summed E-state index contributed by atoms with van der Waals surface area (Å²) in [5, 5.41) is 0. The summed E-state index contributed by atoms with van der Waals surface area (Å²) in [7, 11) is 0. The Balaban J connectivity index is 2.03. The fraction of sp³-hybridized carbons (Fsp3) is 0.636. The average molecular weight is 240 g/mol. The van der Waals surface area contributed by atoms with Gasteiger partial charge in [0.1, 0.15) is 6.26 Å². The van der Waals surface area contributed by atoms with Gasteiger partial charge in [-0.05, 0) is 13.3 Å². The highest BCUT2D eigenvalue weighted by atomic mass is 16.5. The van der Waals surface area contributed by atoms with Gasteiger partial charge in [0.2, 0.25) is 0 Å². The molecule has 0 amide bonds. The van der Waals surface area contributed by atoms with Gasteiger partial charge in [-0.2, -0.15) is 4.98 Å². The molecule has 17 heavy (non-hydrogen) atoms. The van der Waals surface area contributed by atoms with Gasteiger partial charge in [-0.15, -0.1) is 0 Å². The third kappa shape index (κ3) is 2.97. The number of oxazole rings is 1. The molecule has 0 atom stereocenters. The van der Waals surface area contributed by atoms with Crippen LogP contribution in [0.1, 0.15) is 23.8 Å². The molecule has 0 N–H and O–H groups in total. The smallest absolute Gasteiger partial charge is 0.360 e. The molecule has 0 aromatic carbocycles. The number of nitrogens with zero attached hydrogens (tertiary/aromatic N) is 2. The third-order valence-electron chi connectivity index (χ3n) is 2.47. The minimum atomic E-state index is -0.450. The first-order valence-electron chi connectivity index (χ1n) is 5.76. The first-order valence-corrected chi connectivity index (χ1v) is 5.76. The monoisotopic (exact) mass is 240 g/mol. The van der Waals surface area contributed by atoms with Crippen LogP contribution in [-0.4, -0.2) is 43.9 Å². The van der Waals surface area contributed by atoms with Crippen molar-refractivity contribution in [2.24, 2.45) is 0 Å². The highest BCUT2D eigenvalue weighted by Crippen LogP contribution is 2.15. The van der Waals surface area contributed by atoms with Gasteiger partial charge >= 0.3 is 5.97 Å². The van der Waals surface area contributed by atoms with Crippen LogP contribution in [0.25, 0.3) is 0 Å². The Kier molecular flexibility index (Phi) is 3.98. The van der Waals surface area contributed by atoms with Gasteiger partial charge in [0, 0.05) is 19.7 Å². The molecule has 1 saturated heterocycles. The second kappa shape index (κ2) is 5.67. The zero-order valence-electron chi connectivity index (χ0n) is 9.85. The first kappa shape index (κ1) is 11.9. The van der Waals surface area contributed by atoms with Gasteiger partial charge in [0.05, 0.1) is 13.2 Å². The van der Waals surface area contributed by atoms with Crippen LogP contribution in [-0.2, 0) is 9.47 Å². The maximum absolute atomic E-state index is 11.4. The molecule has 0 unspecified atom stereocenters. The molecule has 0 aliphatic carbocycles. The Morgan fingerprint density at radius 3 is 3.24 bits per heavy atom. The van der Waals surface area contributed by atoms with Crippen LogP contribution < -0.4 is 4.90 Å². The van der Waals surface area contributed by atoms with Crippen LogP contribution in [0.2, 0.25) is 0 Å². The molecule has 2 heterocycles. The predicted octanol–water partition coefficient (Wildman–Crippen LogP) is 1.08. The predicted molar refractivity (Wildman–Crippen MR) is 60.1 cm³/mol. The topological polar surface area (TPSA) is 64.8 Å². The lowest BCUT2D eigenvalue weighted by Crippen LogP contribution is -2.26. The van der Waals surface area contributed by atoms with Crippen molar-refractivity contribution >= 4 is 12.0 Å². The molecule has 94 valence electrons. The summed E-state index contributed by atoms with van der Waals surface area (Å²) in [5.41, 5.74) is 0.215. The summed E-state index contributed by atoms with van der Waals surface area (Å²) >= 11 is 0. The van der Waals surface area contributed by atoms with Crippen LogP contribution in [0.15, 0.2) is 10.7 Å². The van der Waals surface area contributed by atoms with E-state index in [9.17, 15) is 4.79 Å². The minimum absolute atomic E-state index is 0.215. The molecule has 6 nitrogen and oxygen atoms in total. The Labute approximate surface area is 99.5 Å². The highest BCUT2D eigenvalue weighted by Gasteiger charge is 2.18. The summed E-state index contributed by atoms with van der Waals surface area (Å²) in [5.74, 6) is -0.450. The number of carbonyl (C=O) groups excluding carboxylic acids is 1. The average Bonchev–Trinajstić information content (AvgIpc) is 2.66. The molecule has 1 aliphatic rings. The minimum Gasteiger partial charge on any atom is -0.461 e. The summed E-state index contributed by atoms with van der Waals surface area (Å²) in [6.07, 6.45) is 2.26. The third-order valence-corrected chi connectivity index (χ3v) is 2.47. The van der Waals surface area contributed by atoms with E-state index in [-0.39, 0.29) is 5.69 Å². The summed E-state index contributed by atoms with van der Waals surface area (Å²) in [6.45, 7) is 5.04. The summed E-state index contributed by atoms with van der Waals surface area (Å²) < 4.78 is 15.5.